The maximum absolute atomic E-state index is 9.19. The summed E-state index contributed by atoms with van der Waals surface area (Å²) in [6, 6.07) is 0.655. The van der Waals surface area contributed by atoms with Gasteiger partial charge in [0, 0.05) is 31.9 Å². The lowest BCUT2D eigenvalue weighted by Gasteiger charge is -2.28. The minimum Gasteiger partial charge on any atom is -0.395 e. The molecule has 0 aliphatic heterocycles. The lowest BCUT2D eigenvalue weighted by atomic mass is 10.2. The molecule has 0 spiro atoms. The largest absolute Gasteiger partial charge is 0.395 e. The molecule has 96 valence electrons. The summed E-state index contributed by atoms with van der Waals surface area (Å²) in [4.78, 5) is 6.62. The molecular formula is C13H23N3O. The van der Waals surface area contributed by atoms with Crippen molar-refractivity contribution in [3.8, 4) is 0 Å². The second-order valence-corrected chi connectivity index (χ2v) is 4.80. The number of nitrogens with zero attached hydrogens (tertiary/aromatic N) is 3. The van der Waals surface area contributed by atoms with Crippen LogP contribution in [0.1, 0.15) is 38.3 Å². The molecular weight excluding hydrogens is 214 g/mol. The molecule has 1 aromatic rings. The Morgan fingerprint density at radius 2 is 2.24 bits per heavy atom. The fourth-order valence-electron chi connectivity index (χ4n) is 2.76. The Bertz CT molecular complexity index is 331. The Balaban J connectivity index is 2.01. The smallest absolute Gasteiger partial charge is 0.0948 e. The van der Waals surface area contributed by atoms with Crippen LogP contribution in [0.2, 0.25) is 0 Å². The Kier molecular flexibility index (Phi) is 4.57. The van der Waals surface area contributed by atoms with Crippen molar-refractivity contribution in [1.29, 1.82) is 0 Å². The predicted molar refractivity (Wildman–Crippen MR) is 67.7 cm³/mol. The van der Waals surface area contributed by atoms with Crippen LogP contribution in [0.5, 0.6) is 0 Å². The molecule has 4 heteroatoms. The van der Waals surface area contributed by atoms with Crippen molar-refractivity contribution in [2.75, 3.05) is 13.2 Å². The van der Waals surface area contributed by atoms with E-state index in [4.69, 9.17) is 0 Å². The van der Waals surface area contributed by atoms with Crippen LogP contribution in [0, 0.1) is 0 Å². The molecule has 0 saturated heterocycles. The number of aromatic nitrogens is 2. The second-order valence-electron chi connectivity index (χ2n) is 4.80. The highest BCUT2D eigenvalue weighted by Crippen LogP contribution is 2.24. The SMILES string of the molecule is CCn1cncc1CN(CCO)C1CCCC1. The van der Waals surface area contributed by atoms with Gasteiger partial charge in [-0.25, -0.2) is 4.98 Å². The summed E-state index contributed by atoms with van der Waals surface area (Å²) in [5, 5.41) is 9.19. The third-order valence-corrected chi connectivity index (χ3v) is 3.73. The monoisotopic (exact) mass is 237 g/mol. The molecule has 4 nitrogen and oxygen atoms in total. The van der Waals surface area contributed by atoms with Gasteiger partial charge in [-0.05, 0) is 19.8 Å². The molecule has 17 heavy (non-hydrogen) atoms. The van der Waals surface area contributed by atoms with E-state index in [0.29, 0.717) is 6.04 Å². The van der Waals surface area contributed by atoms with Crippen molar-refractivity contribution >= 4 is 0 Å². The van der Waals surface area contributed by atoms with Crippen LogP contribution in [0.4, 0.5) is 0 Å². The lowest BCUT2D eigenvalue weighted by molar-refractivity contribution is 0.142. The molecule has 1 aliphatic carbocycles. The molecule has 1 aromatic heterocycles. The van der Waals surface area contributed by atoms with Crippen LogP contribution in [-0.2, 0) is 13.1 Å². The van der Waals surface area contributed by atoms with Gasteiger partial charge in [0.1, 0.15) is 0 Å². The van der Waals surface area contributed by atoms with E-state index in [-0.39, 0.29) is 6.61 Å². The topological polar surface area (TPSA) is 41.3 Å². The standard InChI is InChI=1S/C13H23N3O/c1-2-15-11-14-9-13(15)10-16(7-8-17)12-5-3-4-6-12/h9,11-12,17H,2-8,10H2,1H3. The first kappa shape index (κ1) is 12.6. The number of imidazole rings is 1. The number of aliphatic hydroxyl groups excluding tert-OH is 1. The molecule has 0 unspecified atom stereocenters. The Morgan fingerprint density at radius 1 is 1.47 bits per heavy atom. The number of aryl methyl sites for hydroxylation is 1. The van der Waals surface area contributed by atoms with Crippen LogP contribution in [0.15, 0.2) is 12.5 Å². The molecule has 1 N–H and O–H groups in total. The summed E-state index contributed by atoms with van der Waals surface area (Å²) < 4.78 is 2.18. The van der Waals surface area contributed by atoms with E-state index in [2.05, 4.69) is 21.4 Å². The van der Waals surface area contributed by atoms with Gasteiger partial charge in [-0.1, -0.05) is 12.8 Å². The van der Waals surface area contributed by atoms with Gasteiger partial charge in [-0.2, -0.15) is 0 Å². The first-order valence-corrected chi connectivity index (χ1v) is 6.69. The maximum atomic E-state index is 9.19. The number of aliphatic hydroxyl groups is 1. The molecule has 0 atom stereocenters. The van der Waals surface area contributed by atoms with Crippen LogP contribution >= 0.6 is 0 Å². The van der Waals surface area contributed by atoms with Gasteiger partial charge in [-0.3, -0.25) is 4.90 Å². The molecule has 1 aliphatic rings. The van der Waals surface area contributed by atoms with Crippen molar-refractivity contribution in [2.45, 2.75) is 51.7 Å². The van der Waals surface area contributed by atoms with E-state index in [1.165, 1.54) is 31.4 Å². The fourth-order valence-corrected chi connectivity index (χ4v) is 2.76. The predicted octanol–water partition coefficient (Wildman–Crippen LogP) is 1.64. The summed E-state index contributed by atoms with van der Waals surface area (Å²) in [7, 11) is 0. The van der Waals surface area contributed by atoms with Crippen LogP contribution in [0.25, 0.3) is 0 Å². The van der Waals surface area contributed by atoms with Crippen molar-refractivity contribution < 1.29 is 5.11 Å². The molecule has 0 bridgehead atoms. The Labute approximate surface area is 103 Å². The third-order valence-electron chi connectivity index (χ3n) is 3.73. The van der Waals surface area contributed by atoms with Gasteiger partial charge < -0.3 is 9.67 Å². The van der Waals surface area contributed by atoms with Gasteiger partial charge in [-0.15, -0.1) is 0 Å². The summed E-state index contributed by atoms with van der Waals surface area (Å²) in [5.74, 6) is 0. The average molecular weight is 237 g/mol. The minimum absolute atomic E-state index is 0.247. The minimum atomic E-state index is 0.247. The highest BCUT2D eigenvalue weighted by molar-refractivity contribution is 4.99. The van der Waals surface area contributed by atoms with Crippen molar-refractivity contribution in [3.63, 3.8) is 0 Å². The zero-order chi connectivity index (χ0) is 12.1. The van der Waals surface area contributed by atoms with Gasteiger partial charge in [0.25, 0.3) is 0 Å². The van der Waals surface area contributed by atoms with Gasteiger partial charge in [0.15, 0.2) is 0 Å². The van der Waals surface area contributed by atoms with Crippen LogP contribution < -0.4 is 0 Å². The number of rotatable bonds is 6. The highest BCUT2D eigenvalue weighted by atomic mass is 16.3. The van der Waals surface area contributed by atoms with E-state index in [9.17, 15) is 5.11 Å². The molecule has 1 heterocycles. The van der Waals surface area contributed by atoms with Gasteiger partial charge in [0.05, 0.1) is 18.6 Å². The Morgan fingerprint density at radius 3 is 2.88 bits per heavy atom. The normalized spacial score (nSPS) is 17.1. The van der Waals surface area contributed by atoms with Crippen molar-refractivity contribution in [3.05, 3.63) is 18.2 Å². The van der Waals surface area contributed by atoms with Crippen molar-refractivity contribution in [2.24, 2.45) is 0 Å². The quantitative estimate of drug-likeness (QED) is 0.818. The zero-order valence-corrected chi connectivity index (χ0v) is 10.7. The number of hydrogen-bond acceptors (Lipinski definition) is 3. The zero-order valence-electron chi connectivity index (χ0n) is 10.7. The summed E-state index contributed by atoms with van der Waals surface area (Å²) in [6.45, 7) is 5.04. The first-order valence-electron chi connectivity index (χ1n) is 6.69. The summed E-state index contributed by atoms with van der Waals surface area (Å²) in [5.41, 5.74) is 1.26. The van der Waals surface area contributed by atoms with E-state index in [1.54, 1.807) is 0 Å². The summed E-state index contributed by atoms with van der Waals surface area (Å²) in [6.07, 6.45) is 9.06. The molecule has 0 aromatic carbocycles. The van der Waals surface area contributed by atoms with Gasteiger partial charge >= 0.3 is 0 Å². The fraction of sp³-hybridized carbons (Fsp3) is 0.769. The molecule has 0 radical (unpaired) electrons. The van der Waals surface area contributed by atoms with Gasteiger partial charge in [0.2, 0.25) is 0 Å². The number of hydrogen-bond donors (Lipinski definition) is 1. The van der Waals surface area contributed by atoms with E-state index >= 15 is 0 Å². The van der Waals surface area contributed by atoms with E-state index in [1.807, 2.05) is 12.5 Å². The highest BCUT2D eigenvalue weighted by Gasteiger charge is 2.22. The molecule has 2 rings (SSSR count). The third kappa shape index (κ3) is 3.07. The molecule has 1 fully saturated rings. The molecule has 0 amide bonds. The van der Waals surface area contributed by atoms with Crippen molar-refractivity contribution in [1.82, 2.24) is 14.5 Å². The van der Waals surface area contributed by atoms with E-state index < -0.39 is 0 Å². The summed E-state index contributed by atoms with van der Waals surface area (Å²) >= 11 is 0. The lowest BCUT2D eigenvalue weighted by Crippen LogP contribution is -2.35. The Hall–Kier alpha value is -0.870. The van der Waals surface area contributed by atoms with Crippen LogP contribution in [0.3, 0.4) is 0 Å². The maximum Gasteiger partial charge on any atom is 0.0948 e. The van der Waals surface area contributed by atoms with Crippen LogP contribution in [-0.4, -0.2) is 38.8 Å². The average Bonchev–Trinajstić information content (AvgIpc) is 2.99. The van der Waals surface area contributed by atoms with E-state index in [0.717, 1.165) is 19.6 Å². The molecule has 1 saturated carbocycles. The first-order chi connectivity index (χ1) is 8.35. The second kappa shape index (κ2) is 6.17.